The van der Waals surface area contributed by atoms with Gasteiger partial charge < -0.3 is 15.8 Å². The minimum atomic E-state index is -0.0702. The summed E-state index contributed by atoms with van der Waals surface area (Å²) in [5.74, 6) is 0.490. The highest BCUT2D eigenvalue weighted by Gasteiger charge is 2.18. The Balaban J connectivity index is 0.00000200. The lowest BCUT2D eigenvalue weighted by Crippen LogP contribution is -2.32. The normalized spacial score (nSPS) is 14.7. The highest BCUT2D eigenvalue weighted by atomic mass is 35.5. The van der Waals surface area contributed by atoms with Crippen LogP contribution in [0.4, 0.5) is 0 Å². The second-order valence-electron chi connectivity index (χ2n) is 4.74. The van der Waals surface area contributed by atoms with Crippen LogP contribution in [-0.2, 0) is 0 Å². The van der Waals surface area contributed by atoms with Crippen LogP contribution >= 0.6 is 24.0 Å². The minimum Gasteiger partial charge on any atom is -0.491 e. The van der Waals surface area contributed by atoms with Crippen LogP contribution in [0.25, 0.3) is 0 Å². The van der Waals surface area contributed by atoms with Crippen LogP contribution in [0, 0.1) is 0 Å². The second-order valence-corrected chi connectivity index (χ2v) is 5.14. The lowest BCUT2D eigenvalue weighted by molar-refractivity contribution is 0.0938. The van der Waals surface area contributed by atoms with Crippen molar-refractivity contribution in [3.8, 4) is 5.75 Å². The fourth-order valence-electron chi connectivity index (χ4n) is 2.27. The van der Waals surface area contributed by atoms with Gasteiger partial charge in [0, 0.05) is 18.2 Å². The summed E-state index contributed by atoms with van der Waals surface area (Å²) >= 11 is 6.08. The van der Waals surface area contributed by atoms with Gasteiger partial charge in [-0.25, -0.2) is 0 Å². The van der Waals surface area contributed by atoms with Gasteiger partial charge in [-0.1, -0.05) is 24.4 Å². The van der Waals surface area contributed by atoms with Crippen molar-refractivity contribution in [3.63, 3.8) is 0 Å². The number of nitrogens with one attached hydrogen (secondary N) is 1. The van der Waals surface area contributed by atoms with E-state index in [4.69, 9.17) is 22.1 Å². The number of ether oxygens (including phenoxy) is 1. The van der Waals surface area contributed by atoms with Crippen LogP contribution in [0.2, 0.25) is 5.02 Å². The quantitative estimate of drug-likeness (QED) is 0.877. The molecule has 1 aliphatic rings. The van der Waals surface area contributed by atoms with Crippen molar-refractivity contribution in [1.82, 2.24) is 5.32 Å². The monoisotopic (exact) mass is 318 g/mol. The summed E-state index contributed by atoms with van der Waals surface area (Å²) in [6.45, 7) is 0.841. The maximum Gasteiger partial charge on any atom is 0.251 e. The molecule has 1 aromatic rings. The molecule has 0 aliphatic heterocycles. The molecular weight excluding hydrogens is 299 g/mol. The van der Waals surface area contributed by atoms with Crippen molar-refractivity contribution in [1.29, 1.82) is 0 Å². The molecule has 0 spiro atoms. The molecule has 1 amide bonds. The van der Waals surface area contributed by atoms with E-state index in [9.17, 15) is 4.79 Å². The highest BCUT2D eigenvalue weighted by Crippen LogP contribution is 2.26. The number of carbonyl (C=O) groups excluding carboxylic acids is 1. The summed E-state index contributed by atoms with van der Waals surface area (Å²) < 4.78 is 5.37. The van der Waals surface area contributed by atoms with Crippen molar-refractivity contribution in [2.24, 2.45) is 5.73 Å². The first-order valence-corrected chi connectivity index (χ1v) is 7.02. The van der Waals surface area contributed by atoms with E-state index in [1.165, 1.54) is 12.8 Å². The van der Waals surface area contributed by atoms with Crippen LogP contribution < -0.4 is 15.8 Å². The SMILES string of the molecule is Cl.NCCOc1ccc(C(=O)NC2CCCC2)cc1Cl. The number of nitrogens with two attached hydrogens (primary N) is 1. The molecule has 112 valence electrons. The molecule has 0 saturated heterocycles. The first kappa shape index (κ1) is 17.1. The summed E-state index contributed by atoms with van der Waals surface area (Å²) in [7, 11) is 0. The van der Waals surface area contributed by atoms with Gasteiger partial charge in [-0.15, -0.1) is 12.4 Å². The topological polar surface area (TPSA) is 64.3 Å². The Hall–Kier alpha value is -0.970. The highest BCUT2D eigenvalue weighted by molar-refractivity contribution is 6.32. The number of benzene rings is 1. The molecule has 1 saturated carbocycles. The Kier molecular flexibility index (Phi) is 7.13. The summed E-state index contributed by atoms with van der Waals surface area (Å²) in [5, 5.41) is 3.46. The Bertz CT molecular complexity index is 449. The second kappa shape index (κ2) is 8.35. The number of amides is 1. The number of halogens is 2. The van der Waals surface area contributed by atoms with E-state index < -0.39 is 0 Å². The van der Waals surface area contributed by atoms with Gasteiger partial charge in [-0.3, -0.25) is 4.79 Å². The fraction of sp³-hybridized carbons (Fsp3) is 0.500. The number of hydrogen-bond donors (Lipinski definition) is 2. The average molecular weight is 319 g/mol. The number of hydrogen-bond acceptors (Lipinski definition) is 3. The van der Waals surface area contributed by atoms with Gasteiger partial charge in [0.15, 0.2) is 0 Å². The van der Waals surface area contributed by atoms with E-state index in [2.05, 4.69) is 5.32 Å². The lowest BCUT2D eigenvalue weighted by Gasteiger charge is -2.13. The number of rotatable bonds is 5. The molecule has 0 unspecified atom stereocenters. The van der Waals surface area contributed by atoms with Gasteiger partial charge in [0.05, 0.1) is 5.02 Å². The van der Waals surface area contributed by atoms with Crippen molar-refractivity contribution < 1.29 is 9.53 Å². The predicted molar refractivity (Wildman–Crippen MR) is 83.0 cm³/mol. The molecule has 2 rings (SSSR count). The average Bonchev–Trinajstić information content (AvgIpc) is 2.90. The Morgan fingerprint density at radius 3 is 2.70 bits per heavy atom. The zero-order valence-corrected chi connectivity index (χ0v) is 12.8. The molecule has 0 radical (unpaired) electrons. The Labute approximate surface area is 130 Å². The smallest absolute Gasteiger partial charge is 0.251 e. The predicted octanol–water partition coefficient (Wildman–Crippen LogP) is 2.77. The van der Waals surface area contributed by atoms with E-state index in [0.29, 0.717) is 35.5 Å². The standard InChI is InChI=1S/C14H19ClN2O2.ClH/c15-12-9-10(5-6-13(12)19-8-7-16)14(18)17-11-3-1-2-4-11;/h5-6,9,11H,1-4,7-8,16H2,(H,17,18);1H. The van der Waals surface area contributed by atoms with E-state index >= 15 is 0 Å². The third-order valence-electron chi connectivity index (χ3n) is 3.26. The maximum absolute atomic E-state index is 12.0. The fourth-order valence-corrected chi connectivity index (χ4v) is 2.50. The lowest BCUT2D eigenvalue weighted by atomic mass is 10.1. The van der Waals surface area contributed by atoms with Crippen LogP contribution in [0.5, 0.6) is 5.75 Å². The molecule has 6 heteroatoms. The van der Waals surface area contributed by atoms with E-state index in [1.54, 1.807) is 18.2 Å². The summed E-state index contributed by atoms with van der Waals surface area (Å²) in [6, 6.07) is 5.38. The first-order valence-electron chi connectivity index (χ1n) is 6.64. The van der Waals surface area contributed by atoms with E-state index in [0.717, 1.165) is 12.8 Å². The zero-order chi connectivity index (χ0) is 13.7. The molecule has 0 heterocycles. The molecule has 4 nitrogen and oxygen atoms in total. The molecule has 20 heavy (non-hydrogen) atoms. The van der Waals surface area contributed by atoms with Crippen molar-refractivity contribution in [3.05, 3.63) is 28.8 Å². The molecule has 1 aliphatic carbocycles. The largest absolute Gasteiger partial charge is 0.491 e. The van der Waals surface area contributed by atoms with Gasteiger partial charge >= 0.3 is 0 Å². The van der Waals surface area contributed by atoms with Gasteiger partial charge in [-0.2, -0.15) is 0 Å². The van der Waals surface area contributed by atoms with Gasteiger partial charge in [0.1, 0.15) is 12.4 Å². The summed E-state index contributed by atoms with van der Waals surface area (Å²) in [4.78, 5) is 12.0. The zero-order valence-electron chi connectivity index (χ0n) is 11.2. The van der Waals surface area contributed by atoms with Crippen LogP contribution in [-0.4, -0.2) is 25.1 Å². The van der Waals surface area contributed by atoms with Gasteiger partial charge in [-0.05, 0) is 31.0 Å². The molecule has 0 atom stereocenters. The first-order chi connectivity index (χ1) is 9.20. The molecule has 3 N–H and O–H groups in total. The molecule has 0 aromatic heterocycles. The van der Waals surface area contributed by atoms with Crippen molar-refractivity contribution >= 4 is 29.9 Å². The minimum absolute atomic E-state index is 0. The van der Waals surface area contributed by atoms with Crippen molar-refractivity contribution in [2.45, 2.75) is 31.7 Å². The third kappa shape index (κ3) is 4.54. The Morgan fingerprint density at radius 1 is 1.40 bits per heavy atom. The summed E-state index contributed by atoms with van der Waals surface area (Å²) in [5.41, 5.74) is 5.93. The third-order valence-corrected chi connectivity index (χ3v) is 3.56. The molecule has 1 fully saturated rings. The van der Waals surface area contributed by atoms with Gasteiger partial charge in [0.2, 0.25) is 0 Å². The van der Waals surface area contributed by atoms with Crippen LogP contribution in [0.1, 0.15) is 36.0 Å². The van der Waals surface area contributed by atoms with E-state index in [1.807, 2.05) is 0 Å². The van der Waals surface area contributed by atoms with Crippen molar-refractivity contribution in [2.75, 3.05) is 13.2 Å². The van der Waals surface area contributed by atoms with Crippen LogP contribution in [0.3, 0.4) is 0 Å². The molecule has 0 bridgehead atoms. The molecular formula is C14H20Cl2N2O2. The van der Waals surface area contributed by atoms with Gasteiger partial charge in [0.25, 0.3) is 5.91 Å². The maximum atomic E-state index is 12.0. The van der Waals surface area contributed by atoms with Crippen LogP contribution in [0.15, 0.2) is 18.2 Å². The Morgan fingerprint density at radius 2 is 2.10 bits per heavy atom. The summed E-state index contributed by atoms with van der Waals surface area (Å²) in [6.07, 6.45) is 4.52. The van der Waals surface area contributed by atoms with E-state index in [-0.39, 0.29) is 18.3 Å². The number of carbonyl (C=O) groups is 1. The molecule has 1 aromatic carbocycles.